The summed E-state index contributed by atoms with van der Waals surface area (Å²) in [4.78, 5) is 33.0. The van der Waals surface area contributed by atoms with Crippen LogP contribution in [0.3, 0.4) is 0 Å². The Kier molecular flexibility index (Phi) is 5.78. The molecular formula is C17H20N2O5. The molecule has 7 nitrogen and oxygen atoms in total. The molecule has 0 unspecified atom stereocenters. The first-order chi connectivity index (χ1) is 11.5. The molecule has 1 saturated carbocycles. The maximum Gasteiger partial charge on any atom is 0.269 e. The molecule has 2 rings (SSSR count). The molecular weight excluding hydrogens is 312 g/mol. The largest absolute Gasteiger partial charge is 0.298 e. The SMILES string of the molecule is O=C/C(=C/c1ccc([N+](=O)[O-])cc1)CC1([N+](=O)[O-])CCCCCC1. The van der Waals surface area contributed by atoms with Crippen LogP contribution in [0.5, 0.6) is 0 Å². The number of nitro groups is 2. The fraction of sp³-hybridized carbons (Fsp3) is 0.471. The number of carbonyl (C=O) groups is 1. The highest BCUT2D eigenvalue weighted by Crippen LogP contribution is 2.35. The van der Waals surface area contributed by atoms with E-state index in [0.29, 0.717) is 30.3 Å². The van der Waals surface area contributed by atoms with E-state index >= 15 is 0 Å². The fourth-order valence-electron chi connectivity index (χ4n) is 3.22. The predicted molar refractivity (Wildman–Crippen MR) is 89.2 cm³/mol. The predicted octanol–water partition coefficient (Wildman–Crippen LogP) is 3.94. The zero-order chi connectivity index (χ0) is 17.6. The molecule has 0 amide bonds. The first kappa shape index (κ1) is 17.8. The number of hydrogen-bond acceptors (Lipinski definition) is 5. The van der Waals surface area contributed by atoms with Crippen LogP contribution in [0, 0.1) is 20.2 Å². The van der Waals surface area contributed by atoms with Gasteiger partial charge in [-0.2, -0.15) is 0 Å². The number of benzene rings is 1. The smallest absolute Gasteiger partial charge is 0.269 e. The Balaban J connectivity index is 2.24. The highest BCUT2D eigenvalue weighted by Gasteiger charge is 2.43. The average molecular weight is 332 g/mol. The number of aldehydes is 1. The summed E-state index contributed by atoms with van der Waals surface area (Å²) >= 11 is 0. The van der Waals surface area contributed by atoms with Crippen LogP contribution in [0.1, 0.15) is 50.5 Å². The van der Waals surface area contributed by atoms with Crippen molar-refractivity contribution in [3.63, 3.8) is 0 Å². The third-order valence-electron chi connectivity index (χ3n) is 4.56. The molecule has 0 aromatic heterocycles. The van der Waals surface area contributed by atoms with E-state index in [1.807, 2.05) is 0 Å². The van der Waals surface area contributed by atoms with Gasteiger partial charge in [-0.25, -0.2) is 0 Å². The molecule has 24 heavy (non-hydrogen) atoms. The molecule has 1 aromatic rings. The molecule has 1 fully saturated rings. The van der Waals surface area contributed by atoms with Crippen LogP contribution in [0.25, 0.3) is 6.08 Å². The number of rotatable bonds is 6. The third-order valence-corrected chi connectivity index (χ3v) is 4.56. The average Bonchev–Trinajstić information content (AvgIpc) is 2.81. The topological polar surface area (TPSA) is 103 Å². The van der Waals surface area contributed by atoms with Crippen LogP contribution in [-0.4, -0.2) is 21.7 Å². The van der Waals surface area contributed by atoms with E-state index in [4.69, 9.17) is 0 Å². The molecule has 128 valence electrons. The standard InChI is InChI=1S/C17H20N2O5/c20-13-15(11-14-5-7-16(8-6-14)18(21)22)12-17(19(23)24)9-3-1-2-4-10-17/h5-8,11,13H,1-4,9-10,12H2/b15-11+. The maximum atomic E-state index is 11.6. The van der Waals surface area contributed by atoms with Gasteiger partial charge < -0.3 is 0 Å². The zero-order valence-electron chi connectivity index (χ0n) is 13.3. The van der Waals surface area contributed by atoms with Gasteiger partial charge in [-0.15, -0.1) is 0 Å². The Bertz CT molecular complexity index is 643. The zero-order valence-corrected chi connectivity index (χ0v) is 13.3. The number of carbonyl (C=O) groups excluding carboxylic acids is 1. The van der Waals surface area contributed by atoms with E-state index in [2.05, 4.69) is 0 Å². The molecule has 0 N–H and O–H groups in total. The summed E-state index contributed by atoms with van der Waals surface area (Å²) < 4.78 is 0. The number of nitro benzene ring substituents is 1. The molecule has 0 aliphatic heterocycles. The number of non-ortho nitro benzene ring substituents is 1. The van der Waals surface area contributed by atoms with Gasteiger partial charge in [0.05, 0.1) is 4.92 Å². The first-order valence-corrected chi connectivity index (χ1v) is 8.01. The summed E-state index contributed by atoms with van der Waals surface area (Å²) in [6, 6.07) is 5.77. The summed E-state index contributed by atoms with van der Waals surface area (Å²) in [5, 5.41) is 22.3. The molecule has 0 radical (unpaired) electrons. The van der Waals surface area contributed by atoms with Gasteiger partial charge in [0, 0.05) is 36.3 Å². The van der Waals surface area contributed by atoms with Crippen LogP contribution >= 0.6 is 0 Å². The second-order valence-electron chi connectivity index (χ2n) is 6.26. The van der Waals surface area contributed by atoms with E-state index in [1.165, 1.54) is 24.3 Å². The highest BCUT2D eigenvalue weighted by atomic mass is 16.6. The summed E-state index contributed by atoms with van der Waals surface area (Å²) in [5.74, 6) is 0. The van der Waals surface area contributed by atoms with Gasteiger partial charge in [0.1, 0.15) is 6.29 Å². The van der Waals surface area contributed by atoms with E-state index in [0.717, 1.165) is 25.7 Å². The van der Waals surface area contributed by atoms with E-state index in [9.17, 15) is 25.0 Å². The van der Waals surface area contributed by atoms with Gasteiger partial charge in [0.25, 0.3) is 5.69 Å². The Morgan fingerprint density at radius 2 is 1.62 bits per heavy atom. The lowest BCUT2D eigenvalue weighted by Crippen LogP contribution is -2.38. The number of hydrogen-bond donors (Lipinski definition) is 0. The quantitative estimate of drug-likeness (QED) is 0.258. The van der Waals surface area contributed by atoms with Gasteiger partial charge in [-0.05, 0) is 42.2 Å². The molecule has 1 aromatic carbocycles. The normalized spacial score (nSPS) is 17.8. The van der Waals surface area contributed by atoms with Crippen LogP contribution in [0.4, 0.5) is 5.69 Å². The molecule has 0 heterocycles. The Morgan fingerprint density at radius 3 is 2.08 bits per heavy atom. The van der Waals surface area contributed by atoms with Crippen LogP contribution in [-0.2, 0) is 4.79 Å². The van der Waals surface area contributed by atoms with E-state index in [1.54, 1.807) is 6.08 Å². The van der Waals surface area contributed by atoms with Crippen LogP contribution in [0.2, 0.25) is 0 Å². The van der Waals surface area contributed by atoms with Crippen LogP contribution < -0.4 is 0 Å². The van der Waals surface area contributed by atoms with E-state index in [-0.39, 0.29) is 17.0 Å². The summed E-state index contributed by atoms with van der Waals surface area (Å²) in [6.45, 7) is 0. The third kappa shape index (κ3) is 4.24. The lowest BCUT2D eigenvalue weighted by atomic mass is 9.84. The lowest BCUT2D eigenvalue weighted by molar-refractivity contribution is -0.572. The minimum atomic E-state index is -1.08. The van der Waals surface area contributed by atoms with Crippen molar-refractivity contribution in [2.45, 2.75) is 50.5 Å². The monoisotopic (exact) mass is 332 g/mol. The molecule has 0 spiro atoms. The number of nitrogens with zero attached hydrogens (tertiary/aromatic N) is 2. The van der Waals surface area contributed by atoms with Crippen molar-refractivity contribution in [3.8, 4) is 0 Å². The van der Waals surface area contributed by atoms with Crippen molar-refractivity contribution in [1.29, 1.82) is 0 Å². The molecule has 0 bridgehead atoms. The maximum absolute atomic E-state index is 11.6. The summed E-state index contributed by atoms with van der Waals surface area (Å²) in [5.41, 5.74) is -0.146. The van der Waals surface area contributed by atoms with Crippen molar-refractivity contribution in [3.05, 3.63) is 55.6 Å². The van der Waals surface area contributed by atoms with Gasteiger partial charge in [0.2, 0.25) is 5.54 Å². The summed E-state index contributed by atoms with van der Waals surface area (Å²) in [7, 11) is 0. The van der Waals surface area contributed by atoms with Crippen LogP contribution in [0.15, 0.2) is 29.8 Å². The second-order valence-corrected chi connectivity index (χ2v) is 6.26. The van der Waals surface area contributed by atoms with E-state index < -0.39 is 10.5 Å². The Labute approximate surface area is 139 Å². The molecule has 0 atom stereocenters. The van der Waals surface area contributed by atoms with Crippen molar-refractivity contribution < 1.29 is 14.6 Å². The fourth-order valence-corrected chi connectivity index (χ4v) is 3.22. The first-order valence-electron chi connectivity index (χ1n) is 8.01. The van der Waals surface area contributed by atoms with Crippen molar-refractivity contribution in [1.82, 2.24) is 0 Å². The molecule has 7 heteroatoms. The highest BCUT2D eigenvalue weighted by molar-refractivity contribution is 5.82. The Morgan fingerprint density at radius 1 is 1.04 bits per heavy atom. The minimum absolute atomic E-state index is 0.0367. The second kappa shape index (κ2) is 7.81. The van der Waals surface area contributed by atoms with Gasteiger partial charge in [-0.3, -0.25) is 25.0 Å². The minimum Gasteiger partial charge on any atom is -0.298 e. The Hall–Kier alpha value is -2.57. The van der Waals surface area contributed by atoms with Gasteiger partial charge >= 0.3 is 0 Å². The van der Waals surface area contributed by atoms with Crippen molar-refractivity contribution in [2.24, 2.45) is 0 Å². The molecule has 1 aliphatic rings. The van der Waals surface area contributed by atoms with Gasteiger partial charge in [0.15, 0.2) is 0 Å². The molecule has 0 saturated heterocycles. The van der Waals surface area contributed by atoms with Crippen molar-refractivity contribution in [2.75, 3.05) is 0 Å². The summed E-state index contributed by atoms with van der Waals surface area (Å²) in [6.07, 6.45) is 6.84. The van der Waals surface area contributed by atoms with Gasteiger partial charge in [-0.1, -0.05) is 12.8 Å². The van der Waals surface area contributed by atoms with Crippen molar-refractivity contribution >= 4 is 18.0 Å². The lowest BCUT2D eigenvalue weighted by Gasteiger charge is -2.23. The molecule has 1 aliphatic carbocycles.